The fraction of sp³-hybridized carbons (Fsp3) is 0.300. The van der Waals surface area contributed by atoms with E-state index in [2.05, 4.69) is 14.8 Å². The van der Waals surface area contributed by atoms with Crippen molar-refractivity contribution < 1.29 is 27.5 Å². The Bertz CT molecular complexity index is 991. The molecule has 0 bridgehead atoms. The van der Waals surface area contributed by atoms with Gasteiger partial charge in [-0.2, -0.15) is 0 Å². The molecular weight excluding hydrogens is 428 g/mol. The number of rotatable bonds is 10. The van der Waals surface area contributed by atoms with Crippen LogP contribution in [0.1, 0.15) is 12.0 Å². The molecule has 0 saturated heterocycles. The van der Waals surface area contributed by atoms with Crippen LogP contribution in [0.5, 0.6) is 5.75 Å². The first-order chi connectivity index (χ1) is 14.2. The Kier molecular flexibility index (Phi) is 8.55. The Labute approximate surface area is 180 Å². The molecule has 162 valence electrons. The van der Waals surface area contributed by atoms with Gasteiger partial charge in [0.2, 0.25) is 5.91 Å². The van der Waals surface area contributed by atoms with Gasteiger partial charge in [-0.3, -0.25) is 14.3 Å². The van der Waals surface area contributed by atoms with Gasteiger partial charge in [0.1, 0.15) is 5.75 Å². The Morgan fingerprint density at radius 2 is 1.70 bits per heavy atom. The van der Waals surface area contributed by atoms with Gasteiger partial charge >= 0.3 is 5.97 Å². The number of sulfonamides is 1. The molecule has 0 heterocycles. The largest absolute Gasteiger partial charge is 0.497 e. The maximum atomic E-state index is 12.8. The summed E-state index contributed by atoms with van der Waals surface area (Å²) in [6.45, 7) is 1.68. The van der Waals surface area contributed by atoms with E-state index in [1.54, 1.807) is 43.3 Å². The predicted molar refractivity (Wildman–Crippen MR) is 118 cm³/mol. The van der Waals surface area contributed by atoms with Gasteiger partial charge in [0, 0.05) is 23.5 Å². The van der Waals surface area contributed by atoms with Crippen molar-refractivity contribution in [3.63, 3.8) is 0 Å². The van der Waals surface area contributed by atoms with Crippen LogP contribution in [0.4, 0.5) is 11.4 Å². The van der Waals surface area contributed by atoms with E-state index < -0.39 is 10.0 Å². The maximum absolute atomic E-state index is 12.8. The van der Waals surface area contributed by atoms with Crippen molar-refractivity contribution in [2.75, 3.05) is 35.8 Å². The molecule has 0 unspecified atom stereocenters. The second-order valence-electron chi connectivity index (χ2n) is 6.24. The highest BCUT2D eigenvalue weighted by atomic mass is 32.2. The summed E-state index contributed by atoms with van der Waals surface area (Å²) < 4.78 is 37.8. The number of ether oxygens (including phenoxy) is 2. The molecule has 0 aliphatic rings. The minimum atomic E-state index is -3.85. The number of hydrogen-bond donors (Lipinski definition) is 2. The van der Waals surface area contributed by atoms with Crippen molar-refractivity contribution in [2.45, 2.75) is 18.2 Å². The van der Waals surface area contributed by atoms with Crippen LogP contribution in [0.15, 0.2) is 47.4 Å². The monoisotopic (exact) mass is 452 g/mol. The van der Waals surface area contributed by atoms with Crippen LogP contribution >= 0.6 is 11.8 Å². The van der Waals surface area contributed by atoms with E-state index in [0.717, 1.165) is 0 Å². The molecule has 0 aliphatic carbocycles. The molecule has 30 heavy (non-hydrogen) atoms. The summed E-state index contributed by atoms with van der Waals surface area (Å²) >= 11 is 1.29. The van der Waals surface area contributed by atoms with E-state index >= 15 is 0 Å². The van der Waals surface area contributed by atoms with Crippen molar-refractivity contribution in [3.8, 4) is 5.75 Å². The van der Waals surface area contributed by atoms with E-state index in [1.807, 2.05) is 0 Å². The Balaban J connectivity index is 2.04. The summed E-state index contributed by atoms with van der Waals surface area (Å²) in [5.41, 5.74) is 1.31. The van der Waals surface area contributed by atoms with Crippen LogP contribution in [0.2, 0.25) is 0 Å². The number of esters is 1. The third kappa shape index (κ3) is 6.96. The van der Waals surface area contributed by atoms with Crippen LogP contribution in [0.3, 0.4) is 0 Å². The molecular formula is C20H24N2O6S2. The van der Waals surface area contributed by atoms with E-state index in [4.69, 9.17) is 4.74 Å². The summed E-state index contributed by atoms with van der Waals surface area (Å²) in [6.07, 6.45) is 0.182. The Morgan fingerprint density at radius 3 is 2.33 bits per heavy atom. The summed E-state index contributed by atoms with van der Waals surface area (Å²) in [6, 6.07) is 11.2. The normalized spacial score (nSPS) is 10.9. The highest BCUT2D eigenvalue weighted by Gasteiger charge is 2.18. The molecule has 0 atom stereocenters. The Morgan fingerprint density at radius 1 is 1.03 bits per heavy atom. The van der Waals surface area contributed by atoms with Crippen molar-refractivity contribution in [1.29, 1.82) is 0 Å². The van der Waals surface area contributed by atoms with Crippen LogP contribution < -0.4 is 14.8 Å². The number of hydrogen-bond acceptors (Lipinski definition) is 7. The summed E-state index contributed by atoms with van der Waals surface area (Å²) in [5, 5.41) is 2.69. The molecule has 0 saturated carbocycles. The lowest BCUT2D eigenvalue weighted by atomic mass is 10.2. The molecule has 2 aromatic rings. The van der Waals surface area contributed by atoms with Gasteiger partial charge in [0.25, 0.3) is 10.0 Å². The third-order valence-corrected chi connectivity index (χ3v) is 6.48. The zero-order valence-corrected chi connectivity index (χ0v) is 18.6. The topological polar surface area (TPSA) is 111 Å². The standard InChI is InChI=1S/C20H24N2O6S2/c1-14-4-5-16(21-19(23)10-11-29-13-20(24)28-3)12-18(14)30(25,26)22-15-6-8-17(27-2)9-7-15/h4-9,12,22H,10-11,13H2,1-3H3,(H,21,23). The molecule has 2 rings (SSSR count). The van der Waals surface area contributed by atoms with Gasteiger partial charge in [-0.15, -0.1) is 11.8 Å². The number of thioether (sulfide) groups is 1. The SMILES string of the molecule is COC(=O)CSCCC(=O)Nc1ccc(C)c(S(=O)(=O)Nc2ccc(OC)cc2)c1. The second kappa shape index (κ2) is 10.9. The summed E-state index contributed by atoms with van der Waals surface area (Å²) in [5.74, 6) is 0.606. The van der Waals surface area contributed by atoms with Gasteiger partial charge in [0.15, 0.2) is 0 Å². The fourth-order valence-electron chi connectivity index (χ4n) is 2.44. The van der Waals surface area contributed by atoms with Crippen LogP contribution in [0, 0.1) is 6.92 Å². The average Bonchev–Trinajstić information content (AvgIpc) is 2.72. The zero-order valence-electron chi connectivity index (χ0n) is 16.9. The number of aryl methyl sites for hydroxylation is 1. The lowest BCUT2D eigenvalue weighted by molar-refractivity contribution is -0.137. The number of amides is 1. The first-order valence-corrected chi connectivity index (χ1v) is 11.6. The minimum Gasteiger partial charge on any atom is -0.497 e. The maximum Gasteiger partial charge on any atom is 0.315 e. The number of benzene rings is 2. The van der Waals surface area contributed by atoms with Gasteiger partial charge < -0.3 is 14.8 Å². The smallest absolute Gasteiger partial charge is 0.315 e. The number of carbonyl (C=O) groups excluding carboxylic acids is 2. The molecule has 8 nitrogen and oxygen atoms in total. The Hall–Kier alpha value is -2.72. The quantitative estimate of drug-likeness (QED) is 0.421. The molecule has 0 aromatic heterocycles. The number of carbonyl (C=O) groups is 2. The van der Waals surface area contributed by atoms with Gasteiger partial charge in [-0.1, -0.05) is 6.07 Å². The minimum absolute atomic E-state index is 0.0659. The fourth-order valence-corrected chi connectivity index (χ4v) is 4.53. The van der Waals surface area contributed by atoms with Gasteiger partial charge in [-0.05, 0) is 48.9 Å². The molecule has 0 fully saturated rings. The first-order valence-electron chi connectivity index (χ1n) is 8.97. The van der Waals surface area contributed by atoms with E-state index in [0.29, 0.717) is 28.4 Å². The molecule has 2 aromatic carbocycles. The molecule has 10 heteroatoms. The number of nitrogens with one attached hydrogen (secondary N) is 2. The summed E-state index contributed by atoms with van der Waals surface area (Å²) in [7, 11) is -1.02. The van der Waals surface area contributed by atoms with Gasteiger partial charge in [0.05, 0.1) is 24.9 Å². The summed E-state index contributed by atoms with van der Waals surface area (Å²) in [4.78, 5) is 23.2. The van der Waals surface area contributed by atoms with Crippen molar-refractivity contribution in [1.82, 2.24) is 0 Å². The molecule has 1 amide bonds. The highest BCUT2D eigenvalue weighted by Crippen LogP contribution is 2.24. The molecule has 0 radical (unpaired) electrons. The highest BCUT2D eigenvalue weighted by molar-refractivity contribution is 7.99. The first kappa shape index (κ1) is 23.6. The van der Waals surface area contributed by atoms with E-state index in [-0.39, 0.29) is 28.9 Å². The van der Waals surface area contributed by atoms with E-state index in [9.17, 15) is 18.0 Å². The lowest BCUT2D eigenvalue weighted by Gasteiger charge is -2.13. The third-order valence-electron chi connectivity index (χ3n) is 4.02. The van der Waals surface area contributed by atoms with Crippen LogP contribution in [0.25, 0.3) is 0 Å². The second-order valence-corrected chi connectivity index (χ2v) is 9.00. The molecule has 0 spiro atoms. The predicted octanol–water partition coefficient (Wildman–Crippen LogP) is 3.04. The van der Waals surface area contributed by atoms with Crippen LogP contribution in [-0.2, 0) is 24.3 Å². The van der Waals surface area contributed by atoms with Crippen molar-refractivity contribution >= 4 is 45.0 Å². The number of anilines is 2. The van der Waals surface area contributed by atoms with Crippen molar-refractivity contribution in [2.24, 2.45) is 0 Å². The lowest BCUT2D eigenvalue weighted by Crippen LogP contribution is -2.16. The number of methoxy groups -OCH3 is 2. The van der Waals surface area contributed by atoms with Crippen LogP contribution in [-0.4, -0.2) is 46.0 Å². The molecule has 0 aliphatic heterocycles. The van der Waals surface area contributed by atoms with Crippen molar-refractivity contribution in [3.05, 3.63) is 48.0 Å². The van der Waals surface area contributed by atoms with Gasteiger partial charge in [-0.25, -0.2) is 8.42 Å². The molecule has 2 N–H and O–H groups in total. The van der Waals surface area contributed by atoms with E-state index in [1.165, 1.54) is 32.0 Å². The zero-order chi connectivity index (χ0) is 22.1. The average molecular weight is 453 g/mol.